The molecule has 0 aliphatic rings. The maximum atomic E-state index is 12.3. The van der Waals surface area contributed by atoms with E-state index in [1.165, 1.54) is 7.11 Å². The summed E-state index contributed by atoms with van der Waals surface area (Å²) in [5, 5.41) is 0.521. The zero-order valence-corrected chi connectivity index (χ0v) is 13.0. The van der Waals surface area contributed by atoms with Gasteiger partial charge < -0.3 is 9.47 Å². The lowest BCUT2D eigenvalue weighted by atomic mass is 9.97. The summed E-state index contributed by atoms with van der Waals surface area (Å²) >= 11 is 6.13. The van der Waals surface area contributed by atoms with Crippen molar-refractivity contribution in [3.8, 4) is 5.75 Å². The lowest BCUT2D eigenvalue weighted by molar-refractivity contribution is -0.140. The highest BCUT2D eigenvalue weighted by atomic mass is 35.5. The van der Waals surface area contributed by atoms with Gasteiger partial charge in [0, 0.05) is 11.4 Å². The third-order valence-corrected chi connectivity index (χ3v) is 3.41. The van der Waals surface area contributed by atoms with E-state index in [0.717, 1.165) is 5.56 Å². The van der Waals surface area contributed by atoms with E-state index < -0.39 is 5.97 Å². The standard InChI is InChI=1S/C15H19ClO4/c1-5-20-15-9(2)8-11(16)10(3)14(15)12(17)6-7-13(18)19-4/h8H,5-7H2,1-4H3. The number of methoxy groups -OCH3 is 1. The number of aryl methyl sites for hydroxylation is 1. The van der Waals surface area contributed by atoms with Crippen molar-refractivity contribution in [1.29, 1.82) is 0 Å². The molecule has 1 aromatic carbocycles. The molecule has 110 valence electrons. The molecule has 0 saturated carbocycles. The van der Waals surface area contributed by atoms with Crippen LogP contribution in [-0.2, 0) is 9.53 Å². The van der Waals surface area contributed by atoms with Gasteiger partial charge in [-0.2, -0.15) is 0 Å². The summed E-state index contributed by atoms with van der Waals surface area (Å²) in [5.74, 6) is -0.0288. The first kappa shape index (κ1) is 16.5. The fourth-order valence-corrected chi connectivity index (χ4v) is 2.22. The summed E-state index contributed by atoms with van der Waals surface area (Å²) in [6, 6.07) is 1.78. The van der Waals surface area contributed by atoms with Crippen LogP contribution in [0.3, 0.4) is 0 Å². The van der Waals surface area contributed by atoms with Crippen molar-refractivity contribution >= 4 is 23.4 Å². The zero-order valence-electron chi connectivity index (χ0n) is 12.2. The van der Waals surface area contributed by atoms with Crippen LogP contribution in [0.25, 0.3) is 0 Å². The minimum Gasteiger partial charge on any atom is -0.493 e. The lowest BCUT2D eigenvalue weighted by Gasteiger charge is -2.16. The van der Waals surface area contributed by atoms with Crippen LogP contribution in [0.1, 0.15) is 41.3 Å². The normalized spacial score (nSPS) is 10.2. The first-order chi connectivity index (χ1) is 9.42. The van der Waals surface area contributed by atoms with Gasteiger partial charge in [0.1, 0.15) is 5.75 Å². The number of ether oxygens (including phenoxy) is 2. The van der Waals surface area contributed by atoms with Gasteiger partial charge in [-0.3, -0.25) is 9.59 Å². The van der Waals surface area contributed by atoms with Gasteiger partial charge in [0.05, 0.1) is 25.7 Å². The summed E-state index contributed by atoms with van der Waals surface area (Å²) in [7, 11) is 1.30. The van der Waals surface area contributed by atoms with E-state index in [-0.39, 0.29) is 18.6 Å². The van der Waals surface area contributed by atoms with Crippen LogP contribution in [0.2, 0.25) is 5.02 Å². The number of ketones is 1. The molecule has 0 heterocycles. The highest BCUT2D eigenvalue weighted by Gasteiger charge is 2.20. The molecular weight excluding hydrogens is 280 g/mol. The van der Waals surface area contributed by atoms with Gasteiger partial charge in [-0.15, -0.1) is 0 Å². The van der Waals surface area contributed by atoms with E-state index in [9.17, 15) is 9.59 Å². The van der Waals surface area contributed by atoms with Crippen molar-refractivity contribution < 1.29 is 19.1 Å². The fraction of sp³-hybridized carbons (Fsp3) is 0.467. The molecule has 0 amide bonds. The van der Waals surface area contributed by atoms with Crippen LogP contribution in [0, 0.1) is 13.8 Å². The van der Waals surface area contributed by atoms with Crippen molar-refractivity contribution in [1.82, 2.24) is 0 Å². The highest BCUT2D eigenvalue weighted by molar-refractivity contribution is 6.32. The molecule has 0 aliphatic carbocycles. The number of halogens is 1. The van der Waals surface area contributed by atoms with Gasteiger partial charge in [0.2, 0.25) is 0 Å². The maximum Gasteiger partial charge on any atom is 0.305 e. The first-order valence-electron chi connectivity index (χ1n) is 6.44. The molecule has 4 nitrogen and oxygen atoms in total. The number of hydrogen-bond donors (Lipinski definition) is 0. The average molecular weight is 299 g/mol. The van der Waals surface area contributed by atoms with E-state index in [1.54, 1.807) is 13.0 Å². The van der Waals surface area contributed by atoms with E-state index in [1.807, 2.05) is 13.8 Å². The lowest BCUT2D eigenvalue weighted by Crippen LogP contribution is -2.11. The third-order valence-electron chi connectivity index (χ3n) is 3.01. The van der Waals surface area contributed by atoms with Gasteiger partial charge >= 0.3 is 5.97 Å². The van der Waals surface area contributed by atoms with Gasteiger partial charge in [-0.25, -0.2) is 0 Å². The molecule has 0 aromatic heterocycles. The second-order valence-electron chi connectivity index (χ2n) is 4.44. The Kier molecular flexibility index (Phi) is 6.02. The van der Waals surface area contributed by atoms with Gasteiger partial charge in [-0.1, -0.05) is 11.6 Å². The van der Waals surface area contributed by atoms with E-state index in [0.29, 0.717) is 28.5 Å². The second-order valence-corrected chi connectivity index (χ2v) is 4.84. The molecular formula is C15H19ClO4. The van der Waals surface area contributed by atoms with Crippen molar-refractivity contribution in [3.05, 3.63) is 27.8 Å². The number of carbonyl (C=O) groups is 2. The Balaban J connectivity index is 3.13. The largest absolute Gasteiger partial charge is 0.493 e. The van der Waals surface area contributed by atoms with E-state index in [2.05, 4.69) is 4.74 Å². The second kappa shape index (κ2) is 7.29. The van der Waals surface area contributed by atoms with Crippen LogP contribution in [0.4, 0.5) is 0 Å². The number of benzene rings is 1. The van der Waals surface area contributed by atoms with Crippen molar-refractivity contribution in [2.45, 2.75) is 33.6 Å². The van der Waals surface area contributed by atoms with Crippen LogP contribution in [0.5, 0.6) is 5.75 Å². The topological polar surface area (TPSA) is 52.6 Å². The van der Waals surface area contributed by atoms with Crippen molar-refractivity contribution in [2.75, 3.05) is 13.7 Å². The Morgan fingerprint density at radius 1 is 1.25 bits per heavy atom. The molecule has 0 N–H and O–H groups in total. The molecule has 0 unspecified atom stereocenters. The monoisotopic (exact) mass is 298 g/mol. The molecule has 5 heteroatoms. The number of esters is 1. The smallest absolute Gasteiger partial charge is 0.305 e. The Morgan fingerprint density at radius 2 is 1.90 bits per heavy atom. The third kappa shape index (κ3) is 3.73. The minimum atomic E-state index is -0.410. The minimum absolute atomic E-state index is 0.0475. The SMILES string of the molecule is CCOc1c(C)cc(Cl)c(C)c1C(=O)CCC(=O)OC. The molecule has 20 heavy (non-hydrogen) atoms. The fourth-order valence-electron chi connectivity index (χ4n) is 1.96. The Labute approximate surface area is 124 Å². The van der Waals surface area contributed by atoms with E-state index in [4.69, 9.17) is 16.3 Å². The number of hydrogen-bond acceptors (Lipinski definition) is 4. The number of rotatable bonds is 6. The van der Waals surface area contributed by atoms with Crippen LogP contribution in [0.15, 0.2) is 6.07 Å². The van der Waals surface area contributed by atoms with Gasteiger partial charge in [-0.05, 0) is 38.0 Å². The van der Waals surface area contributed by atoms with Crippen molar-refractivity contribution in [3.63, 3.8) is 0 Å². The number of Topliss-reactive ketones (excluding diaryl/α,β-unsaturated/α-hetero) is 1. The summed E-state index contributed by atoms with van der Waals surface area (Å²) in [5.41, 5.74) is 1.94. The van der Waals surface area contributed by atoms with Crippen molar-refractivity contribution in [2.24, 2.45) is 0 Å². The number of carbonyl (C=O) groups excluding carboxylic acids is 2. The molecule has 0 fully saturated rings. The predicted molar refractivity (Wildman–Crippen MR) is 77.7 cm³/mol. The molecule has 0 spiro atoms. The first-order valence-corrected chi connectivity index (χ1v) is 6.82. The molecule has 0 atom stereocenters. The average Bonchev–Trinajstić information content (AvgIpc) is 2.42. The summed E-state index contributed by atoms with van der Waals surface area (Å²) in [6.45, 7) is 5.92. The molecule has 1 aromatic rings. The van der Waals surface area contributed by atoms with E-state index >= 15 is 0 Å². The molecule has 0 bridgehead atoms. The maximum absolute atomic E-state index is 12.3. The van der Waals surface area contributed by atoms with Crippen LogP contribution < -0.4 is 4.74 Å². The Bertz CT molecular complexity index is 523. The summed E-state index contributed by atoms with van der Waals surface area (Å²) in [4.78, 5) is 23.5. The molecule has 0 radical (unpaired) electrons. The predicted octanol–water partition coefficient (Wildman–Crippen LogP) is 3.49. The van der Waals surface area contributed by atoms with Gasteiger partial charge in [0.15, 0.2) is 5.78 Å². The quantitative estimate of drug-likeness (QED) is 0.596. The Morgan fingerprint density at radius 3 is 2.45 bits per heavy atom. The van der Waals surface area contributed by atoms with Gasteiger partial charge in [0.25, 0.3) is 0 Å². The molecule has 1 rings (SSSR count). The summed E-state index contributed by atoms with van der Waals surface area (Å²) < 4.78 is 10.1. The highest BCUT2D eigenvalue weighted by Crippen LogP contribution is 2.33. The van der Waals surface area contributed by atoms with Crippen LogP contribution >= 0.6 is 11.6 Å². The molecule has 0 aliphatic heterocycles. The van der Waals surface area contributed by atoms with Crippen LogP contribution in [-0.4, -0.2) is 25.5 Å². The zero-order chi connectivity index (χ0) is 15.3. The summed E-state index contributed by atoms with van der Waals surface area (Å²) in [6.07, 6.45) is 0.124. The Hall–Kier alpha value is -1.55. The molecule has 0 saturated heterocycles.